The average Bonchev–Trinajstić information content (AvgIpc) is 2.94. The van der Waals surface area contributed by atoms with Gasteiger partial charge in [-0.1, -0.05) is 24.3 Å². The third-order valence-corrected chi connectivity index (χ3v) is 3.40. The number of rotatable bonds is 2. The Labute approximate surface area is 104 Å². The van der Waals surface area contributed by atoms with Crippen molar-refractivity contribution in [1.82, 2.24) is 9.97 Å². The maximum Gasteiger partial charge on any atom is 0.123 e. The summed E-state index contributed by atoms with van der Waals surface area (Å²) in [5.74, 6) is 0. The van der Waals surface area contributed by atoms with Crippen molar-refractivity contribution in [2.75, 3.05) is 0 Å². The van der Waals surface area contributed by atoms with Gasteiger partial charge in [-0.25, -0.2) is 4.98 Å². The van der Waals surface area contributed by atoms with Gasteiger partial charge in [-0.05, 0) is 23.3 Å². The van der Waals surface area contributed by atoms with E-state index in [1.54, 1.807) is 11.3 Å². The highest BCUT2D eigenvalue weighted by Gasteiger charge is 2.01. The fraction of sp³-hybridized carbons (Fsp3) is 0. The second-order valence-electron chi connectivity index (χ2n) is 3.65. The first-order valence-electron chi connectivity index (χ1n) is 5.34. The minimum Gasteiger partial charge on any atom is -0.265 e. The van der Waals surface area contributed by atoms with E-state index in [1.165, 1.54) is 11.1 Å². The van der Waals surface area contributed by atoms with Crippen LogP contribution in [0.1, 0.15) is 0 Å². The van der Waals surface area contributed by atoms with E-state index in [2.05, 4.69) is 34.2 Å². The van der Waals surface area contributed by atoms with Gasteiger partial charge < -0.3 is 0 Å². The Bertz CT molecular complexity index is 586. The molecule has 3 rings (SSSR count). The Balaban J connectivity index is 1.96. The summed E-state index contributed by atoms with van der Waals surface area (Å²) in [4.78, 5) is 8.32. The van der Waals surface area contributed by atoms with Crippen LogP contribution in [0.5, 0.6) is 0 Å². The fourth-order valence-corrected chi connectivity index (χ4v) is 2.36. The molecule has 0 atom stereocenters. The van der Waals surface area contributed by atoms with Gasteiger partial charge in [0, 0.05) is 29.5 Å². The Morgan fingerprint density at radius 2 is 1.35 bits per heavy atom. The summed E-state index contributed by atoms with van der Waals surface area (Å²) in [6.07, 6.45) is 5.45. The van der Waals surface area contributed by atoms with E-state index in [-0.39, 0.29) is 0 Å². The molecule has 0 saturated heterocycles. The number of pyridine rings is 1. The zero-order valence-electron chi connectivity index (χ0n) is 9.08. The second-order valence-corrected chi connectivity index (χ2v) is 4.55. The van der Waals surface area contributed by atoms with E-state index >= 15 is 0 Å². The topological polar surface area (TPSA) is 25.8 Å². The molecule has 0 spiro atoms. The van der Waals surface area contributed by atoms with Crippen LogP contribution in [0, 0.1) is 0 Å². The zero-order chi connectivity index (χ0) is 11.5. The van der Waals surface area contributed by atoms with Crippen LogP contribution >= 0.6 is 11.3 Å². The van der Waals surface area contributed by atoms with Crippen LogP contribution in [0.15, 0.2) is 60.4 Å². The predicted molar refractivity (Wildman–Crippen MR) is 70.8 cm³/mol. The number of hydrogen-bond donors (Lipinski definition) is 0. The summed E-state index contributed by atoms with van der Waals surface area (Å²) in [7, 11) is 0. The molecule has 0 bridgehead atoms. The third-order valence-electron chi connectivity index (χ3n) is 2.58. The van der Waals surface area contributed by atoms with Crippen LogP contribution < -0.4 is 0 Å². The van der Waals surface area contributed by atoms with Crippen LogP contribution in [0.25, 0.3) is 21.7 Å². The molecular weight excluding hydrogens is 228 g/mol. The number of thiazole rings is 1. The standard InChI is InChI=1S/C14H10N2S/c1-3-13(14-16-9-10-17-14)4-2-11(1)12-5-7-15-8-6-12/h1-10H. The maximum atomic E-state index is 4.30. The van der Waals surface area contributed by atoms with Crippen molar-refractivity contribution < 1.29 is 0 Å². The molecule has 0 N–H and O–H groups in total. The summed E-state index contributed by atoms with van der Waals surface area (Å²) in [6, 6.07) is 12.5. The van der Waals surface area contributed by atoms with Gasteiger partial charge >= 0.3 is 0 Å². The molecule has 1 aromatic carbocycles. The molecule has 2 aromatic heterocycles. The molecule has 2 nitrogen and oxygen atoms in total. The Kier molecular flexibility index (Phi) is 2.68. The lowest BCUT2D eigenvalue weighted by Crippen LogP contribution is -1.79. The molecule has 0 aliphatic rings. The minimum absolute atomic E-state index is 1.06. The molecule has 3 heteroatoms. The molecule has 0 unspecified atom stereocenters. The zero-order valence-corrected chi connectivity index (χ0v) is 9.89. The molecular formula is C14H10N2S. The van der Waals surface area contributed by atoms with Crippen molar-refractivity contribution >= 4 is 11.3 Å². The smallest absolute Gasteiger partial charge is 0.123 e. The molecule has 82 valence electrons. The number of nitrogens with zero attached hydrogens (tertiary/aromatic N) is 2. The first-order valence-corrected chi connectivity index (χ1v) is 6.22. The lowest BCUT2D eigenvalue weighted by Gasteiger charge is -2.02. The number of benzene rings is 1. The van der Waals surface area contributed by atoms with E-state index in [9.17, 15) is 0 Å². The third kappa shape index (κ3) is 2.10. The van der Waals surface area contributed by atoms with Gasteiger partial charge in [0.05, 0.1) is 0 Å². The van der Waals surface area contributed by atoms with Gasteiger partial charge in [0.25, 0.3) is 0 Å². The van der Waals surface area contributed by atoms with E-state index in [0.717, 1.165) is 10.6 Å². The van der Waals surface area contributed by atoms with Crippen molar-refractivity contribution in [2.24, 2.45) is 0 Å². The Hall–Kier alpha value is -2.00. The quantitative estimate of drug-likeness (QED) is 0.677. The predicted octanol–water partition coefficient (Wildman–Crippen LogP) is 3.87. The van der Waals surface area contributed by atoms with Gasteiger partial charge in [-0.2, -0.15) is 0 Å². The largest absolute Gasteiger partial charge is 0.265 e. The highest BCUT2D eigenvalue weighted by Crippen LogP contribution is 2.25. The molecule has 0 amide bonds. The highest BCUT2D eigenvalue weighted by molar-refractivity contribution is 7.13. The van der Waals surface area contributed by atoms with Crippen LogP contribution in [-0.4, -0.2) is 9.97 Å². The molecule has 17 heavy (non-hydrogen) atoms. The van der Waals surface area contributed by atoms with Gasteiger partial charge in [-0.3, -0.25) is 4.98 Å². The molecule has 0 aliphatic carbocycles. The van der Waals surface area contributed by atoms with Crippen molar-refractivity contribution in [2.45, 2.75) is 0 Å². The number of hydrogen-bond acceptors (Lipinski definition) is 3. The van der Waals surface area contributed by atoms with Crippen molar-refractivity contribution in [3.8, 4) is 21.7 Å². The molecule has 0 radical (unpaired) electrons. The summed E-state index contributed by atoms with van der Waals surface area (Å²) < 4.78 is 0. The van der Waals surface area contributed by atoms with Crippen LogP contribution in [0.2, 0.25) is 0 Å². The summed E-state index contributed by atoms with van der Waals surface area (Å²) in [6.45, 7) is 0. The van der Waals surface area contributed by atoms with Gasteiger partial charge in [0.15, 0.2) is 0 Å². The fourth-order valence-electron chi connectivity index (χ4n) is 1.72. The van der Waals surface area contributed by atoms with E-state index in [0.29, 0.717) is 0 Å². The van der Waals surface area contributed by atoms with Gasteiger partial charge in [0.1, 0.15) is 5.01 Å². The average molecular weight is 238 g/mol. The SMILES string of the molecule is c1cc(-c2ccc(-c3nccs3)cc2)ccn1. The Morgan fingerprint density at radius 1 is 0.706 bits per heavy atom. The van der Waals surface area contributed by atoms with Crippen molar-refractivity contribution in [3.63, 3.8) is 0 Å². The summed E-state index contributed by atoms with van der Waals surface area (Å²) in [5.41, 5.74) is 3.55. The van der Waals surface area contributed by atoms with Crippen LogP contribution in [0.4, 0.5) is 0 Å². The second kappa shape index (κ2) is 4.47. The van der Waals surface area contributed by atoms with Crippen LogP contribution in [-0.2, 0) is 0 Å². The van der Waals surface area contributed by atoms with E-state index < -0.39 is 0 Å². The van der Waals surface area contributed by atoms with E-state index in [4.69, 9.17) is 0 Å². The number of aromatic nitrogens is 2. The lowest BCUT2D eigenvalue weighted by molar-refractivity contribution is 1.33. The molecule has 0 aliphatic heterocycles. The van der Waals surface area contributed by atoms with Gasteiger partial charge in [-0.15, -0.1) is 11.3 Å². The molecule has 0 fully saturated rings. The molecule has 3 aromatic rings. The van der Waals surface area contributed by atoms with Crippen molar-refractivity contribution in [3.05, 3.63) is 60.4 Å². The highest BCUT2D eigenvalue weighted by atomic mass is 32.1. The first-order chi connectivity index (χ1) is 8.43. The maximum absolute atomic E-state index is 4.30. The first kappa shape index (κ1) is 10.2. The normalized spacial score (nSPS) is 10.4. The monoisotopic (exact) mass is 238 g/mol. The molecule has 2 heterocycles. The van der Waals surface area contributed by atoms with Gasteiger partial charge in [0.2, 0.25) is 0 Å². The minimum atomic E-state index is 1.06. The molecule has 0 saturated carbocycles. The van der Waals surface area contributed by atoms with E-state index in [1.807, 2.05) is 36.1 Å². The summed E-state index contributed by atoms with van der Waals surface area (Å²) in [5, 5.41) is 3.05. The van der Waals surface area contributed by atoms with Crippen molar-refractivity contribution in [1.29, 1.82) is 0 Å². The Morgan fingerprint density at radius 3 is 2.00 bits per heavy atom. The van der Waals surface area contributed by atoms with Crippen LogP contribution in [0.3, 0.4) is 0 Å². The lowest BCUT2D eigenvalue weighted by atomic mass is 10.1. The summed E-state index contributed by atoms with van der Waals surface area (Å²) >= 11 is 1.66.